The van der Waals surface area contributed by atoms with Crippen LogP contribution in [0.25, 0.3) is 0 Å². The molecule has 0 bridgehead atoms. The molecule has 0 atom stereocenters. The summed E-state index contributed by atoms with van der Waals surface area (Å²) < 4.78 is 20.8. The average Bonchev–Trinajstić information content (AvgIpc) is 1.35. The van der Waals surface area contributed by atoms with Gasteiger partial charge in [-0.3, -0.25) is 0 Å². The van der Waals surface area contributed by atoms with Crippen molar-refractivity contribution in [2.24, 2.45) is 4.01 Å². The minimum atomic E-state index is -3.20. The number of hydrogen-bond donors (Lipinski definition) is 0. The fraction of sp³-hybridized carbons (Fsp3) is 0. The Labute approximate surface area is 37.4 Å². The van der Waals surface area contributed by atoms with Crippen LogP contribution in [0.2, 0.25) is 0 Å². The third-order valence-corrected chi connectivity index (χ3v) is 0.427. The van der Waals surface area contributed by atoms with Crippen molar-refractivity contribution in [3.63, 3.8) is 0 Å². The molecule has 0 amide bonds. The summed E-state index contributed by atoms with van der Waals surface area (Å²) in [5.74, 6) is 0. The number of isocyanates is 1. The van der Waals surface area contributed by atoms with E-state index in [0.29, 0.717) is 0 Å². The van der Waals surface area contributed by atoms with E-state index in [1.54, 1.807) is 0 Å². The third kappa shape index (κ3) is 3.50. The van der Waals surface area contributed by atoms with Crippen molar-refractivity contribution in [1.29, 1.82) is 0 Å². The summed E-state index contributed by atoms with van der Waals surface area (Å²) in [6, 6.07) is 0. The zero-order chi connectivity index (χ0) is 4.99. The molecule has 0 aromatic carbocycles. The van der Waals surface area contributed by atoms with Gasteiger partial charge in [0, 0.05) is 0 Å². The normalized spacial score (nSPS) is 7.50. The summed E-state index contributed by atoms with van der Waals surface area (Å²) >= 11 is -3.20. The van der Waals surface area contributed by atoms with E-state index in [1.165, 1.54) is 0 Å². The molecule has 0 heterocycles. The Kier molecular flexibility index (Phi) is 2.49. The van der Waals surface area contributed by atoms with Crippen molar-refractivity contribution in [2.75, 3.05) is 0 Å². The molecule has 0 N–H and O–H groups in total. The van der Waals surface area contributed by atoms with Gasteiger partial charge < -0.3 is 0 Å². The molecule has 0 radical (unpaired) electrons. The fourth-order valence-corrected chi connectivity index (χ4v) is 0.116. The maximum atomic E-state index is 9.25. The van der Waals surface area contributed by atoms with Crippen LogP contribution >= 0.6 is 0 Å². The third-order valence-electron chi connectivity index (χ3n) is 0.104. The van der Waals surface area contributed by atoms with E-state index < -0.39 is 14.0 Å². The van der Waals surface area contributed by atoms with Crippen LogP contribution in [-0.2, 0) is 26.4 Å². The molecule has 0 fully saturated rings. The average molecular weight is 129 g/mol. The van der Waals surface area contributed by atoms with Gasteiger partial charge in [-0.1, -0.05) is 0 Å². The molecule has 0 aliphatic rings. The summed E-state index contributed by atoms with van der Waals surface area (Å²) in [5, 5.41) is 0. The van der Waals surface area contributed by atoms with Crippen molar-refractivity contribution in [2.45, 2.75) is 0 Å². The van der Waals surface area contributed by atoms with Crippen molar-refractivity contribution >= 4 is 6.08 Å². The maximum absolute atomic E-state index is 9.25. The number of hydrogen-bond acceptors (Lipinski definition) is 3. The molecule has 0 aromatic rings. The van der Waals surface area contributed by atoms with Crippen molar-refractivity contribution in [1.82, 2.24) is 0 Å². The van der Waals surface area contributed by atoms with Gasteiger partial charge in [0.05, 0.1) is 0 Å². The minimum absolute atomic E-state index is 0.863. The number of carbonyl (C=O) groups excluding carboxylic acids is 1. The van der Waals surface area contributed by atoms with Crippen LogP contribution in [0.5, 0.6) is 0 Å². The molecule has 4 nitrogen and oxygen atoms in total. The first-order chi connectivity index (χ1) is 2.77. The molecule has 34 valence electrons. The molecule has 0 saturated carbocycles. The molecular weight excluding hydrogens is 129 g/mol. The second kappa shape index (κ2) is 2.72. The summed E-state index contributed by atoms with van der Waals surface area (Å²) in [5.41, 5.74) is 0. The van der Waals surface area contributed by atoms with E-state index in [1.807, 2.05) is 0 Å². The first-order valence-electron chi connectivity index (χ1n) is 0.905. The standard InChI is InChI=1S/CNO.Mn.2O/c2-1-3;;;/q-1;+1;;. The first kappa shape index (κ1) is 5.50. The summed E-state index contributed by atoms with van der Waals surface area (Å²) in [6.07, 6.45) is 0.863. The Bertz CT molecular complexity index is 133. The molecule has 0 rings (SSSR count). The van der Waals surface area contributed by atoms with Gasteiger partial charge in [-0.05, 0) is 0 Å². The summed E-state index contributed by atoms with van der Waals surface area (Å²) in [4.78, 5) is 8.95. The van der Waals surface area contributed by atoms with Crippen LogP contribution in [0.3, 0.4) is 0 Å². The van der Waals surface area contributed by atoms with Gasteiger partial charge in [0.25, 0.3) is 0 Å². The van der Waals surface area contributed by atoms with Crippen LogP contribution < -0.4 is 0 Å². The number of nitrogens with zero attached hydrogens (tertiary/aromatic N) is 1. The van der Waals surface area contributed by atoms with Crippen LogP contribution in [0.15, 0.2) is 4.01 Å². The molecule has 0 spiro atoms. The van der Waals surface area contributed by atoms with Gasteiger partial charge in [0.1, 0.15) is 0 Å². The van der Waals surface area contributed by atoms with Gasteiger partial charge in [-0.25, -0.2) is 0 Å². The molecular formula is CMnNO3. The quantitative estimate of drug-likeness (QED) is 0.273. The summed E-state index contributed by atoms with van der Waals surface area (Å²) in [7, 11) is 0. The topological polar surface area (TPSA) is 63.6 Å². The van der Waals surface area contributed by atoms with Crippen LogP contribution in [-0.4, -0.2) is 6.08 Å². The van der Waals surface area contributed by atoms with Gasteiger partial charge in [0.2, 0.25) is 0 Å². The van der Waals surface area contributed by atoms with Crippen molar-refractivity contribution in [3.05, 3.63) is 0 Å². The zero-order valence-corrected chi connectivity index (χ0v) is 3.73. The van der Waals surface area contributed by atoms with Crippen LogP contribution in [0.1, 0.15) is 0 Å². The Morgan fingerprint density at radius 3 is 2.00 bits per heavy atom. The van der Waals surface area contributed by atoms with E-state index in [-0.39, 0.29) is 0 Å². The predicted molar refractivity (Wildman–Crippen MR) is 9.49 cm³/mol. The first-order valence-corrected chi connectivity index (χ1v) is 2.40. The second-order valence-electron chi connectivity index (χ2n) is 0.377. The van der Waals surface area contributed by atoms with E-state index in [9.17, 15) is 7.67 Å². The van der Waals surface area contributed by atoms with Crippen LogP contribution in [0.4, 0.5) is 0 Å². The fourth-order valence-electron chi connectivity index (χ4n) is 0.0282. The Morgan fingerprint density at radius 2 is 2.00 bits per heavy atom. The van der Waals surface area contributed by atoms with E-state index in [0.717, 1.165) is 6.08 Å². The van der Waals surface area contributed by atoms with Gasteiger partial charge in [-0.2, -0.15) is 0 Å². The molecule has 0 aromatic heterocycles. The van der Waals surface area contributed by atoms with E-state index >= 15 is 0 Å². The van der Waals surface area contributed by atoms with Gasteiger partial charge >= 0.3 is 36.5 Å². The number of rotatable bonds is 1. The molecule has 0 unspecified atom stereocenters. The zero-order valence-electron chi connectivity index (χ0n) is 2.55. The van der Waals surface area contributed by atoms with Gasteiger partial charge in [0.15, 0.2) is 0 Å². The van der Waals surface area contributed by atoms with E-state index in [4.69, 9.17) is 4.79 Å². The van der Waals surface area contributed by atoms with E-state index in [2.05, 4.69) is 4.01 Å². The molecule has 6 heavy (non-hydrogen) atoms. The Balaban J connectivity index is 3.98. The van der Waals surface area contributed by atoms with Crippen molar-refractivity contribution in [3.8, 4) is 0 Å². The Morgan fingerprint density at radius 1 is 1.50 bits per heavy atom. The SMILES string of the molecule is O=C=[N][Mn](=[O])=[O]. The van der Waals surface area contributed by atoms with Crippen molar-refractivity contribution < 1.29 is 26.4 Å². The molecule has 0 saturated heterocycles. The Hall–Kier alpha value is -0.501. The molecule has 5 heteroatoms. The molecule has 0 aliphatic carbocycles. The van der Waals surface area contributed by atoms with Crippen LogP contribution in [0, 0.1) is 0 Å². The molecule has 0 aliphatic heterocycles. The van der Waals surface area contributed by atoms with Gasteiger partial charge in [-0.15, -0.1) is 0 Å². The second-order valence-corrected chi connectivity index (χ2v) is 1.27. The monoisotopic (exact) mass is 129 g/mol. The summed E-state index contributed by atoms with van der Waals surface area (Å²) in [6.45, 7) is 0. The predicted octanol–water partition coefficient (Wildman–Crippen LogP) is -0.454.